The molecule has 1 aliphatic carbocycles. The Hall–Kier alpha value is -0.0800. The Balaban J connectivity index is 2.35. The van der Waals surface area contributed by atoms with Crippen molar-refractivity contribution in [1.29, 1.82) is 0 Å². The summed E-state index contributed by atoms with van der Waals surface area (Å²) in [6.45, 7) is 9.90. The van der Waals surface area contributed by atoms with Crippen LogP contribution < -0.4 is 5.73 Å². The molecule has 0 aromatic rings. The van der Waals surface area contributed by atoms with E-state index in [1.165, 1.54) is 12.8 Å². The second-order valence-electron chi connectivity index (χ2n) is 4.24. The van der Waals surface area contributed by atoms with Gasteiger partial charge in [0.2, 0.25) is 0 Å². The van der Waals surface area contributed by atoms with Crippen LogP contribution in [0.15, 0.2) is 0 Å². The van der Waals surface area contributed by atoms with E-state index in [-0.39, 0.29) is 5.54 Å². The van der Waals surface area contributed by atoms with Crippen molar-refractivity contribution in [1.82, 2.24) is 4.90 Å². The fourth-order valence-electron chi connectivity index (χ4n) is 1.80. The molecule has 2 nitrogen and oxygen atoms in total. The maximum absolute atomic E-state index is 6.23. The van der Waals surface area contributed by atoms with Crippen molar-refractivity contribution in [2.45, 2.75) is 39.2 Å². The molecule has 1 unspecified atom stereocenters. The van der Waals surface area contributed by atoms with E-state index in [4.69, 9.17) is 5.73 Å². The van der Waals surface area contributed by atoms with E-state index in [0.717, 1.165) is 25.6 Å². The van der Waals surface area contributed by atoms with Gasteiger partial charge in [0.25, 0.3) is 0 Å². The fraction of sp³-hybridized carbons (Fsp3) is 1.00. The van der Waals surface area contributed by atoms with Gasteiger partial charge in [-0.15, -0.1) is 0 Å². The maximum Gasteiger partial charge on any atom is 0.0283 e. The van der Waals surface area contributed by atoms with Crippen LogP contribution in [0.3, 0.4) is 0 Å². The van der Waals surface area contributed by atoms with Crippen molar-refractivity contribution >= 4 is 0 Å². The summed E-state index contributed by atoms with van der Waals surface area (Å²) in [5.41, 5.74) is 6.29. The third kappa shape index (κ3) is 2.46. The number of nitrogens with zero attached hydrogens (tertiary/aromatic N) is 1. The molecule has 0 bridgehead atoms. The Kier molecular flexibility index (Phi) is 3.13. The van der Waals surface area contributed by atoms with Gasteiger partial charge in [-0.2, -0.15) is 0 Å². The Morgan fingerprint density at radius 3 is 2.17 bits per heavy atom. The normalized spacial score (nSPS) is 22.8. The van der Waals surface area contributed by atoms with Crippen LogP contribution >= 0.6 is 0 Å². The summed E-state index contributed by atoms with van der Waals surface area (Å²) >= 11 is 0. The van der Waals surface area contributed by atoms with Crippen LogP contribution in [0.1, 0.15) is 33.6 Å². The fourth-order valence-corrected chi connectivity index (χ4v) is 1.80. The van der Waals surface area contributed by atoms with Gasteiger partial charge in [0.05, 0.1) is 0 Å². The van der Waals surface area contributed by atoms with Crippen LogP contribution in [-0.2, 0) is 0 Å². The lowest BCUT2D eigenvalue weighted by Gasteiger charge is -2.31. The minimum atomic E-state index is 0.0615. The van der Waals surface area contributed by atoms with Crippen LogP contribution in [0, 0.1) is 5.92 Å². The minimum absolute atomic E-state index is 0.0615. The van der Waals surface area contributed by atoms with Gasteiger partial charge in [0, 0.05) is 12.1 Å². The van der Waals surface area contributed by atoms with Gasteiger partial charge in [-0.25, -0.2) is 0 Å². The van der Waals surface area contributed by atoms with Gasteiger partial charge >= 0.3 is 0 Å². The number of nitrogens with two attached hydrogens (primary N) is 1. The minimum Gasteiger partial charge on any atom is -0.324 e. The first-order valence-corrected chi connectivity index (χ1v) is 5.11. The lowest BCUT2D eigenvalue weighted by molar-refractivity contribution is 0.219. The van der Waals surface area contributed by atoms with Gasteiger partial charge in [-0.05, 0) is 38.8 Å². The maximum atomic E-state index is 6.23. The quantitative estimate of drug-likeness (QED) is 0.677. The third-order valence-corrected chi connectivity index (χ3v) is 2.97. The van der Waals surface area contributed by atoms with Crippen LogP contribution in [0.5, 0.6) is 0 Å². The van der Waals surface area contributed by atoms with Crippen molar-refractivity contribution in [2.75, 3.05) is 19.6 Å². The molecule has 0 amide bonds. The van der Waals surface area contributed by atoms with Crippen LogP contribution in [0.25, 0.3) is 0 Å². The molecule has 2 heteroatoms. The first-order valence-electron chi connectivity index (χ1n) is 5.11. The molecule has 0 saturated heterocycles. The summed E-state index contributed by atoms with van der Waals surface area (Å²) < 4.78 is 0. The van der Waals surface area contributed by atoms with Crippen molar-refractivity contribution in [2.24, 2.45) is 11.7 Å². The van der Waals surface area contributed by atoms with E-state index in [1.54, 1.807) is 0 Å². The summed E-state index contributed by atoms with van der Waals surface area (Å²) in [5.74, 6) is 0.790. The monoisotopic (exact) mass is 170 g/mol. The summed E-state index contributed by atoms with van der Waals surface area (Å²) in [7, 11) is 0. The van der Waals surface area contributed by atoms with Gasteiger partial charge in [0.1, 0.15) is 0 Å². The number of hydrogen-bond donors (Lipinski definition) is 1. The smallest absolute Gasteiger partial charge is 0.0283 e. The van der Waals surface area contributed by atoms with Crippen LogP contribution in [0.4, 0.5) is 0 Å². The molecule has 1 aliphatic rings. The topological polar surface area (TPSA) is 29.3 Å². The zero-order valence-electron chi connectivity index (χ0n) is 8.64. The average Bonchev–Trinajstić information content (AvgIpc) is 2.82. The Morgan fingerprint density at radius 2 is 1.83 bits per heavy atom. The molecular formula is C10H22N2. The highest BCUT2D eigenvalue weighted by Gasteiger charge is 2.38. The predicted octanol–water partition coefficient (Wildman–Crippen LogP) is 1.46. The molecule has 0 radical (unpaired) electrons. The van der Waals surface area contributed by atoms with Gasteiger partial charge in [-0.3, -0.25) is 0 Å². The second-order valence-corrected chi connectivity index (χ2v) is 4.24. The molecular weight excluding hydrogens is 148 g/mol. The van der Waals surface area contributed by atoms with Crippen LogP contribution in [-0.4, -0.2) is 30.1 Å². The summed E-state index contributed by atoms with van der Waals surface area (Å²) in [4.78, 5) is 2.42. The molecule has 0 aromatic heterocycles. The SMILES string of the molecule is CCN(CC)CC(C)(N)C1CC1. The Labute approximate surface area is 76.1 Å². The van der Waals surface area contributed by atoms with Crippen LogP contribution in [0.2, 0.25) is 0 Å². The van der Waals surface area contributed by atoms with E-state index in [2.05, 4.69) is 25.7 Å². The lowest BCUT2D eigenvalue weighted by Crippen LogP contribution is -2.49. The summed E-state index contributed by atoms with van der Waals surface area (Å²) in [5, 5.41) is 0. The van der Waals surface area contributed by atoms with E-state index >= 15 is 0 Å². The Bertz CT molecular complexity index is 135. The van der Waals surface area contributed by atoms with Crippen molar-refractivity contribution in [3.63, 3.8) is 0 Å². The van der Waals surface area contributed by atoms with E-state index in [0.29, 0.717) is 0 Å². The largest absolute Gasteiger partial charge is 0.324 e. The molecule has 0 spiro atoms. The molecule has 1 saturated carbocycles. The zero-order chi connectivity index (χ0) is 9.19. The zero-order valence-corrected chi connectivity index (χ0v) is 8.64. The predicted molar refractivity (Wildman–Crippen MR) is 53.1 cm³/mol. The highest BCUT2D eigenvalue weighted by Crippen LogP contribution is 2.38. The molecule has 72 valence electrons. The summed E-state index contributed by atoms with van der Waals surface area (Å²) in [6, 6.07) is 0. The van der Waals surface area contributed by atoms with Gasteiger partial charge in [-0.1, -0.05) is 13.8 Å². The lowest BCUT2D eigenvalue weighted by atomic mass is 9.96. The molecule has 0 heterocycles. The first kappa shape index (κ1) is 10.0. The molecule has 12 heavy (non-hydrogen) atoms. The van der Waals surface area contributed by atoms with E-state index < -0.39 is 0 Å². The van der Waals surface area contributed by atoms with E-state index in [9.17, 15) is 0 Å². The standard InChI is InChI=1S/C10H22N2/c1-4-12(5-2)8-10(3,11)9-6-7-9/h9H,4-8,11H2,1-3H3. The summed E-state index contributed by atoms with van der Waals surface area (Å²) in [6.07, 6.45) is 2.68. The molecule has 1 atom stereocenters. The third-order valence-electron chi connectivity index (χ3n) is 2.97. The Morgan fingerprint density at radius 1 is 1.33 bits per heavy atom. The van der Waals surface area contributed by atoms with E-state index in [1.807, 2.05) is 0 Å². The molecule has 1 rings (SSSR count). The second kappa shape index (κ2) is 3.75. The highest BCUT2D eigenvalue weighted by atomic mass is 15.1. The molecule has 1 fully saturated rings. The molecule has 0 aromatic carbocycles. The number of likely N-dealkylation sites (N-methyl/N-ethyl adjacent to an activating group) is 1. The van der Waals surface area contributed by atoms with Crippen molar-refractivity contribution in [3.8, 4) is 0 Å². The highest BCUT2D eigenvalue weighted by molar-refractivity contribution is 4.96. The molecule has 2 N–H and O–H groups in total. The number of rotatable bonds is 5. The molecule has 0 aliphatic heterocycles. The van der Waals surface area contributed by atoms with Gasteiger partial charge < -0.3 is 10.6 Å². The van der Waals surface area contributed by atoms with Crippen molar-refractivity contribution in [3.05, 3.63) is 0 Å². The average molecular weight is 170 g/mol. The van der Waals surface area contributed by atoms with Gasteiger partial charge in [0.15, 0.2) is 0 Å². The number of hydrogen-bond acceptors (Lipinski definition) is 2. The first-order chi connectivity index (χ1) is 5.60. The van der Waals surface area contributed by atoms with Crippen molar-refractivity contribution < 1.29 is 0 Å².